The van der Waals surface area contributed by atoms with E-state index < -0.39 is 0 Å². The number of hydrogen-bond donors (Lipinski definition) is 0. The fraction of sp³-hybridized carbons (Fsp3) is 0.138. The summed E-state index contributed by atoms with van der Waals surface area (Å²) in [6, 6.07) is 67.3. The van der Waals surface area contributed by atoms with Crippen LogP contribution < -0.4 is 0 Å². The van der Waals surface area contributed by atoms with Gasteiger partial charge < -0.3 is 9.13 Å². The summed E-state index contributed by atoms with van der Waals surface area (Å²) in [5.41, 5.74) is 16.6. The first-order valence-corrected chi connectivity index (χ1v) is 24.1. The lowest BCUT2D eigenvalue weighted by Gasteiger charge is -2.09. The average molecular weight is 863 g/mol. The quantitative estimate of drug-likeness (QED) is 0.160. The maximum Gasteiger partial charge on any atom is 0.0984 e. The molecule has 0 bridgehead atoms. The SMILES string of the molecule is CC1(C)CSC(c2ccc(-c3ccc4c(c3)c3cc(-c5ccc6c(c5)c5cc(-c7ccc(C8=NC(C)(C)CS8)cc7)ccc5n6-c5ccccc5)ccc3n4-c3ccccc3)cc2)=N1. The van der Waals surface area contributed by atoms with Gasteiger partial charge in [0.15, 0.2) is 0 Å². The fourth-order valence-electron chi connectivity index (χ4n) is 9.55. The van der Waals surface area contributed by atoms with Crippen LogP contribution in [0.2, 0.25) is 0 Å². The largest absolute Gasteiger partial charge is 0.309 e. The van der Waals surface area contributed by atoms with Gasteiger partial charge >= 0.3 is 0 Å². The first-order chi connectivity index (χ1) is 31.1. The lowest BCUT2D eigenvalue weighted by atomic mass is 9.98. The molecular formula is C58H46N4S2. The Balaban J connectivity index is 0.987. The molecule has 310 valence electrons. The summed E-state index contributed by atoms with van der Waals surface area (Å²) in [6.07, 6.45) is 0. The molecule has 0 spiro atoms. The Labute approximate surface area is 382 Å². The van der Waals surface area contributed by atoms with Crippen molar-refractivity contribution in [2.45, 2.75) is 38.8 Å². The highest BCUT2D eigenvalue weighted by molar-refractivity contribution is 8.15. The molecule has 0 atom stereocenters. The zero-order valence-corrected chi connectivity index (χ0v) is 38.0. The predicted molar refractivity (Wildman–Crippen MR) is 278 cm³/mol. The van der Waals surface area contributed by atoms with Crippen molar-refractivity contribution in [1.82, 2.24) is 9.13 Å². The molecule has 6 heteroatoms. The molecule has 0 fully saturated rings. The molecule has 0 N–H and O–H groups in total. The topological polar surface area (TPSA) is 34.6 Å². The first-order valence-electron chi connectivity index (χ1n) is 22.1. The van der Waals surface area contributed by atoms with Crippen molar-refractivity contribution in [2.75, 3.05) is 11.5 Å². The van der Waals surface area contributed by atoms with Crippen LogP contribution in [0.25, 0.3) is 88.4 Å². The van der Waals surface area contributed by atoms with E-state index in [1.165, 1.54) is 88.1 Å². The Bertz CT molecular complexity index is 3280. The van der Waals surface area contributed by atoms with Crippen LogP contribution in [0.3, 0.4) is 0 Å². The van der Waals surface area contributed by atoms with Crippen molar-refractivity contribution in [2.24, 2.45) is 9.98 Å². The Morgan fingerprint density at radius 3 is 0.922 bits per heavy atom. The highest BCUT2D eigenvalue weighted by atomic mass is 32.2. The molecule has 64 heavy (non-hydrogen) atoms. The van der Waals surface area contributed by atoms with Crippen LogP contribution in [0, 0.1) is 0 Å². The van der Waals surface area contributed by atoms with Gasteiger partial charge in [-0.2, -0.15) is 0 Å². The highest BCUT2D eigenvalue weighted by Gasteiger charge is 2.27. The van der Waals surface area contributed by atoms with Gasteiger partial charge in [-0.3, -0.25) is 9.98 Å². The van der Waals surface area contributed by atoms with Gasteiger partial charge in [0.1, 0.15) is 0 Å². The number of thioether (sulfide) groups is 2. The minimum atomic E-state index is -0.0120. The zero-order valence-electron chi connectivity index (χ0n) is 36.3. The van der Waals surface area contributed by atoms with Crippen LogP contribution in [-0.4, -0.2) is 41.8 Å². The van der Waals surface area contributed by atoms with Gasteiger partial charge in [-0.25, -0.2) is 0 Å². The Morgan fingerprint density at radius 2 is 0.625 bits per heavy atom. The van der Waals surface area contributed by atoms with Gasteiger partial charge in [0.05, 0.1) is 43.2 Å². The summed E-state index contributed by atoms with van der Waals surface area (Å²) in [5.74, 6) is 2.04. The Morgan fingerprint density at radius 1 is 0.344 bits per heavy atom. The number of nitrogens with zero attached hydrogens (tertiary/aromatic N) is 4. The third-order valence-electron chi connectivity index (χ3n) is 12.8. The van der Waals surface area contributed by atoms with E-state index in [0.717, 1.165) is 33.0 Å². The second-order valence-corrected chi connectivity index (χ2v) is 20.4. The minimum Gasteiger partial charge on any atom is -0.309 e. The number of aliphatic imine (C=N–C) groups is 2. The Hall–Kier alpha value is -6.60. The van der Waals surface area contributed by atoms with E-state index in [-0.39, 0.29) is 11.1 Å². The second kappa shape index (κ2) is 15.0. The van der Waals surface area contributed by atoms with E-state index in [1.54, 1.807) is 0 Å². The van der Waals surface area contributed by atoms with E-state index >= 15 is 0 Å². The summed E-state index contributed by atoms with van der Waals surface area (Å²) in [6.45, 7) is 8.83. The van der Waals surface area contributed by atoms with Crippen LogP contribution in [0.15, 0.2) is 192 Å². The number of hydrogen-bond acceptors (Lipinski definition) is 4. The molecule has 2 aliphatic heterocycles. The maximum absolute atomic E-state index is 4.98. The smallest absolute Gasteiger partial charge is 0.0984 e. The van der Waals surface area contributed by atoms with E-state index in [1.807, 2.05) is 23.5 Å². The molecule has 0 radical (unpaired) electrons. The third kappa shape index (κ3) is 6.79. The monoisotopic (exact) mass is 862 g/mol. The molecule has 0 unspecified atom stereocenters. The van der Waals surface area contributed by atoms with Crippen LogP contribution >= 0.6 is 23.5 Å². The molecule has 0 saturated heterocycles. The molecule has 10 aromatic rings. The molecule has 0 amide bonds. The lowest BCUT2D eigenvalue weighted by molar-refractivity contribution is 0.605. The van der Waals surface area contributed by atoms with Crippen molar-refractivity contribution in [3.63, 3.8) is 0 Å². The molecule has 2 aromatic heterocycles. The van der Waals surface area contributed by atoms with Crippen molar-refractivity contribution >= 4 is 77.2 Å². The van der Waals surface area contributed by atoms with E-state index in [4.69, 9.17) is 9.98 Å². The second-order valence-electron chi connectivity index (χ2n) is 18.5. The highest BCUT2D eigenvalue weighted by Crippen LogP contribution is 2.41. The van der Waals surface area contributed by atoms with E-state index in [9.17, 15) is 0 Å². The fourth-order valence-corrected chi connectivity index (χ4v) is 11.9. The molecule has 12 rings (SSSR count). The molecule has 2 aliphatic rings. The van der Waals surface area contributed by atoms with Gasteiger partial charge in [0.25, 0.3) is 0 Å². The lowest BCUT2D eigenvalue weighted by Crippen LogP contribution is -2.15. The number of benzene rings is 8. The van der Waals surface area contributed by atoms with Crippen molar-refractivity contribution in [3.8, 4) is 44.8 Å². The normalized spacial score (nSPS) is 15.7. The van der Waals surface area contributed by atoms with Crippen LogP contribution in [0.5, 0.6) is 0 Å². The van der Waals surface area contributed by atoms with Gasteiger partial charge in [-0.15, -0.1) is 23.5 Å². The van der Waals surface area contributed by atoms with Gasteiger partial charge in [-0.1, -0.05) is 109 Å². The molecule has 4 heterocycles. The zero-order chi connectivity index (χ0) is 43.2. The number of para-hydroxylation sites is 2. The summed E-state index contributed by atoms with van der Waals surface area (Å²) >= 11 is 3.71. The number of aromatic nitrogens is 2. The minimum absolute atomic E-state index is 0.0120. The summed E-state index contributed by atoms with van der Waals surface area (Å²) in [5, 5.41) is 7.21. The van der Waals surface area contributed by atoms with Gasteiger partial charge in [0, 0.05) is 55.6 Å². The van der Waals surface area contributed by atoms with Crippen molar-refractivity contribution in [1.29, 1.82) is 0 Å². The van der Waals surface area contributed by atoms with Crippen LogP contribution in [0.1, 0.15) is 38.8 Å². The van der Waals surface area contributed by atoms with Gasteiger partial charge in [-0.05, 0) is 134 Å². The summed E-state index contributed by atoms with van der Waals surface area (Å²) < 4.78 is 4.81. The number of rotatable bonds is 7. The molecule has 0 saturated carbocycles. The molecular weight excluding hydrogens is 817 g/mol. The standard InChI is InChI=1S/C58H46N4S2/c1-57(2)35-63-55(59-57)39-19-15-37(16-20-39)41-23-27-51-47(31-41)49-33-43(25-29-53(49)61(51)45-11-7-5-8-12-45)44-26-30-54-50(34-44)48-32-42(24-28-52(48)62(54)46-13-9-6-10-14-46)38-17-21-40(22-18-38)56-60-58(3,4)36-64-56/h5-34H,35-36H2,1-4H3. The predicted octanol–water partition coefficient (Wildman–Crippen LogP) is 15.4. The molecule has 8 aromatic carbocycles. The molecule has 0 aliphatic carbocycles. The average Bonchev–Trinajstić information content (AvgIpc) is 4.08. The number of fused-ring (bicyclic) bond motifs is 6. The van der Waals surface area contributed by atoms with Crippen molar-refractivity contribution < 1.29 is 0 Å². The molecule has 4 nitrogen and oxygen atoms in total. The van der Waals surface area contributed by atoms with E-state index in [0.29, 0.717) is 0 Å². The van der Waals surface area contributed by atoms with Crippen LogP contribution in [0.4, 0.5) is 0 Å². The summed E-state index contributed by atoms with van der Waals surface area (Å²) in [7, 11) is 0. The first kappa shape index (κ1) is 39.0. The maximum atomic E-state index is 4.98. The van der Waals surface area contributed by atoms with Crippen molar-refractivity contribution in [3.05, 3.63) is 193 Å². The Kier molecular flexibility index (Phi) is 9.15. The third-order valence-corrected chi connectivity index (χ3v) is 15.7. The van der Waals surface area contributed by atoms with Crippen LogP contribution in [-0.2, 0) is 0 Å². The van der Waals surface area contributed by atoms with E-state index in [2.05, 4.69) is 219 Å². The summed E-state index contributed by atoms with van der Waals surface area (Å²) in [4.78, 5) is 9.97. The van der Waals surface area contributed by atoms with Gasteiger partial charge in [0.2, 0.25) is 0 Å².